The van der Waals surface area contributed by atoms with Crippen LogP contribution in [0, 0.1) is 0 Å². The first-order valence-electron chi connectivity index (χ1n) is 6.38. The van der Waals surface area contributed by atoms with Crippen LogP contribution in [0.2, 0.25) is 0 Å². The summed E-state index contributed by atoms with van der Waals surface area (Å²) in [6.07, 6.45) is 2.74. The number of carbonyl (C=O) groups excluding carboxylic acids is 1. The molecule has 1 saturated heterocycles. The van der Waals surface area contributed by atoms with E-state index in [0.29, 0.717) is 0 Å². The fourth-order valence-corrected chi connectivity index (χ4v) is 2.77. The molecule has 2 rings (SSSR count). The molecule has 0 aromatic carbocycles. The number of pyridine rings is 1. The molecule has 1 aromatic rings. The van der Waals surface area contributed by atoms with E-state index < -0.39 is 0 Å². The summed E-state index contributed by atoms with van der Waals surface area (Å²) in [4.78, 5) is 18.4. The molecule has 18 heavy (non-hydrogen) atoms. The van der Waals surface area contributed by atoms with Crippen LogP contribution in [-0.4, -0.2) is 46.9 Å². The van der Waals surface area contributed by atoms with Crippen LogP contribution in [0.1, 0.15) is 23.7 Å². The molecule has 0 saturated carbocycles. The Hall–Kier alpha value is -1.23. The van der Waals surface area contributed by atoms with Gasteiger partial charge in [-0.2, -0.15) is 11.8 Å². The lowest BCUT2D eigenvalue weighted by molar-refractivity contribution is 0.0772. The Morgan fingerprint density at radius 3 is 3.00 bits per heavy atom. The number of hydrogen-bond donors (Lipinski definition) is 1. The van der Waals surface area contributed by atoms with Crippen molar-refractivity contribution < 1.29 is 4.79 Å². The Morgan fingerprint density at radius 2 is 2.28 bits per heavy atom. The van der Waals surface area contributed by atoms with Crippen molar-refractivity contribution in [3.8, 4) is 0 Å². The van der Waals surface area contributed by atoms with Gasteiger partial charge in [0, 0.05) is 42.9 Å². The zero-order valence-corrected chi connectivity index (χ0v) is 11.5. The molecule has 1 aliphatic heterocycles. The van der Waals surface area contributed by atoms with Crippen LogP contribution in [0.15, 0.2) is 18.3 Å². The number of amides is 1. The lowest BCUT2D eigenvalue weighted by Crippen LogP contribution is -2.37. The molecule has 0 unspecified atom stereocenters. The molecule has 0 radical (unpaired) electrons. The van der Waals surface area contributed by atoms with Gasteiger partial charge < -0.3 is 10.2 Å². The van der Waals surface area contributed by atoms with Gasteiger partial charge in [-0.3, -0.25) is 4.79 Å². The lowest BCUT2D eigenvalue weighted by Gasteiger charge is -2.26. The summed E-state index contributed by atoms with van der Waals surface area (Å²) in [5.74, 6) is 2.99. The van der Waals surface area contributed by atoms with Crippen molar-refractivity contribution in [3.05, 3.63) is 23.9 Å². The van der Waals surface area contributed by atoms with E-state index in [-0.39, 0.29) is 5.91 Å². The normalized spacial score (nSPS) is 15.5. The highest BCUT2D eigenvalue weighted by Crippen LogP contribution is 2.14. The summed E-state index contributed by atoms with van der Waals surface area (Å²) in [7, 11) is 0. The van der Waals surface area contributed by atoms with Crippen LogP contribution < -0.4 is 5.32 Å². The van der Waals surface area contributed by atoms with Gasteiger partial charge in [0.2, 0.25) is 0 Å². The Labute approximate surface area is 112 Å². The van der Waals surface area contributed by atoms with Gasteiger partial charge in [-0.15, -0.1) is 0 Å². The van der Waals surface area contributed by atoms with E-state index in [1.165, 1.54) is 0 Å². The first kappa shape index (κ1) is 13.2. The van der Waals surface area contributed by atoms with E-state index >= 15 is 0 Å². The third-order valence-electron chi connectivity index (χ3n) is 2.86. The molecule has 2 heterocycles. The quantitative estimate of drug-likeness (QED) is 0.905. The minimum absolute atomic E-state index is 0.122. The second-order valence-electron chi connectivity index (χ2n) is 4.26. The molecule has 0 aliphatic carbocycles. The molecule has 1 aliphatic rings. The summed E-state index contributed by atoms with van der Waals surface area (Å²) in [6.45, 7) is 4.69. The maximum absolute atomic E-state index is 12.3. The maximum Gasteiger partial charge on any atom is 0.254 e. The number of anilines is 1. The zero-order chi connectivity index (χ0) is 12.8. The molecule has 98 valence electrons. The minimum atomic E-state index is 0.122. The fourth-order valence-electron chi connectivity index (χ4n) is 1.86. The van der Waals surface area contributed by atoms with Gasteiger partial charge in [0.1, 0.15) is 5.82 Å². The fraction of sp³-hybridized carbons (Fsp3) is 0.538. The predicted molar refractivity (Wildman–Crippen MR) is 76.2 cm³/mol. The molecule has 1 aromatic heterocycles. The second kappa shape index (κ2) is 6.64. The van der Waals surface area contributed by atoms with Gasteiger partial charge in [0.15, 0.2) is 0 Å². The number of rotatable bonds is 4. The molecule has 1 amide bonds. The van der Waals surface area contributed by atoms with Crippen molar-refractivity contribution >= 4 is 23.5 Å². The first-order chi connectivity index (χ1) is 8.81. The number of carbonyl (C=O) groups is 1. The summed E-state index contributed by atoms with van der Waals surface area (Å²) in [5, 5.41) is 3.21. The van der Waals surface area contributed by atoms with Gasteiger partial charge >= 0.3 is 0 Å². The Balaban J connectivity index is 2.04. The largest absolute Gasteiger partial charge is 0.370 e. The van der Waals surface area contributed by atoms with Gasteiger partial charge in [0.05, 0.1) is 0 Å². The van der Waals surface area contributed by atoms with Crippen molar-refractivity contribution in [1.82, 2.24) is 9.88 Å². The third kappa shape index (κ3) is 3.38. The van der Waals surface area contributed by atoms with Gasteiger partial charge in [-0.05, 0) is 18.6 Å². The highest BCUT2D eigenvalue weighted by atomic mass is 32.2. The molecule has 0 atom stereocenters. The molecular weight excluding hydrogens is 246 g/mol. The molecule has 1 N–H and O–H groups in total. The lowest BCUT2D eigenvalue weighted by atomic mass is 10.2. The molecule has 1 fully saturated rings. The van der Waals surface area contributed by atoms with Crippen molar-refractivity contribution in [2.45, 2.75) is 13.3 Å². The van der Waals surface area contributed by atoms with E-state index in [9.17, 15) is 4.79 Å². The van der Waals surface area contributed by atoms with Crippen molar-refractivity contribution in [1.29, 1.82) is 0 Å². The molecule has 4 nitrogen and oxygen atoms in total. The third-order valence-corrected chi connectivity index (χ3v) is 3.80. The molecule has 5 heteroatoms. The molecule has 0 spiro atoms. The van der Waals surface area contributed by atoms with Crippen LogP contribution in [0.5, 0.6) is 0 Å². The number of hydrogen-bond acceptors (Lipinski definition) is 4. The maximum atomic E-state index is 12.3. The summed E-state index contributed by atoms with van der Waals surface area (Å²) in [5.41, 5.74) is 0.732. The van der Waals surface area contributed by atoms with Crippen molar-refractivity contribution in [3.63, 3.8) is 0 Å². The number of nitrogens with zero attached hydrogens (tertiary/aromatic N) is 2. The van der Waals surface area contributed by atoms with E-state index in [1.54, 1.807) is 12.3 Å². The van der Waals surface area contributed by atoms with E-state index in [0.717, 1.165) is 48.9 Å². The predicted octanol–water partition coefficient (Wildman–Crippen LogP) is 2.09. The Morgan fingerprint density at radius 1 is 1.50 bits per heavy atom. The highest BCUT2D eigenvalue weighted by Gasteiger charge is 2.18. The van der Waals surface area contributed by atoms with Crippen LogP contribution in [0.25, 0.3) is 0 Å². The number of aromatic nitrogens is 1. The van der Waals surface area contributed by atoms with Crippen molar-refractivity contribution in [2.75, 3.05) is 36.5 Å². The van der Waals surface area contributed by atoms with Gasteiger partial charge in [-0.1, -0.05) is 6.92 Å². The average molecular weight is 265 g/mol. The average Bonchev–Trinajstić information content (AvgIpc) is 2.45. The SMILES string of the molecule is CCCNc1cc(C(=O)N2CCSCC2)ccn1. The topological polar surface area (TPSA) is 45.2 Å². The zero-order valence-electron chi connectivity index (χ0n) is 10.7. The highest BCUT2D eigenvalue weighted by molar-refractivity contribution is 7.99. The standard InChI is InChI=1S/C13H19N3OS/c1-2-4-14-12-10-11(3-5-15-12)13(17)16-6-8-18-9-7-16/h3,5,10H,2,4,6-9H2,1H3,(H,14,15). The summed E-state index contributed by atoms with van der Waals surface area (Å²) >= 11 is 1.91. The van der Waals surface area contributed by atoms with Gasteiger partial charge in [-0.25, -0.2) is 4.98 Å². The number of nitrogens with one attached hydrogen (secondary N) is 1. The van der Waals surface area contributed by atoms with E-state index in [4.69, 9.17) is 0 Å². The van der Waals surface area contributed by atoms with Gasteiger partial charge in [0.25, 0.3) is 5.91 Å². The van der Waals surface area contributed by atoms with Crippen LogP contribution in [0.3, 0.4) is 0 Å². The minimum Gasteiger partial charge on any atom is -0.370 e. The number of thioether (sulfide) groups is 1. The van der Waals surface area contributed by atoms with Crippen LogP contribution >= 0.6 is 11.8 Å². The van der Waals surface area contributed by atoms with Crippen molar-refractivity contribution in [2.24, 2.45) is 0 Å². The van der Waals surface area contributed by atoms with E-state index in [1.807, 2.05) is 22.7 Å². The summed E-state index contributed by atoms with van der Waals surface area (Å²) < 4.78 is 0. The summed E-state index contributed by atoms with van der Waals surface area (Å²) in [6, 6.07) is 3.64. The van der Waals surface area contributed by atoms with E-state index in [2.05, 4.69) is 17.2 Å². The monoisotopic (exact) mass is 265 g/mol. The second-order valence-corrected chi connectivity index (χ2v) is 5.49. The Kier molecular flexibility index (Phi) is 4.87. The molecule has 0 bridgehead atoms. The van der Waals surface area contributed by atoms with Crippen LogP contribution in [-0.2, 0) is 0 Å². The first-order valence-corrected chi connectivity index (χ1v) is 7.53. The Bertz CT molecular complexity index is 405. The smallest absolute Gasteiger partial charge is 0.254 e. The van der Waals surface area contributed by atoms with Crippen LogP contribution in [0.4, 0.5) is 5.82 Å². The molecular formula is C13H19N3OS.